The summed E-state index contributed by atoms with van der Waals surface area (Å²) in [6.07, 6.45) is -3.37. The van der Waals surface area contributed by atoms with E-state index in [0.29, 0.717) is 0 Å². The van der Waals surface area contributed by atoms with Crippen molar-refractivity contribution in [3.63, 3.8) is 0 Å². The van der Waals surface area contributed by atoms with Crippen LogP contribution in [-0.2, 0) is 4.79 Å². The highest BCUT2D eigenvalue weighted by atomic mass is 19.4. The van der Waals surface area contributed by atoms with E-state index >= 15 is 0 Å². The van der Waals surface area contributed by atoms with Crippen LogP contribution in [0, 0.1) is 0 Å². The maximum Gasteiger partial charge on any atom is 0.406 e. The molecule has 1 aliphatic rings. The molecule has 1 saturated carbocycles. The molecule has 1 aliphatic carbocycles. The largest absolute Gasteiger partial charge is 0.406 e. The standard InChI is InChI=1S/C10H17F3N2O/c1-3-7(2)15-8(16)6-14-9(4-5-9)10(11,12)13/h7,14H,3-6H2,1-2H3,(H,15,16). The third kappa shape index (κ3) is 3.10. The molecule has 0 aromatic rings. The van der Waals surface area contributed by atoms with Crippen molar-refractivity contribution in [2.75, 3.05) is 6.54 Å². The summed E-state index contributed by atoms with van der Waals surface area (Å²) in [4.78, 5) is 11.3. The van der Waals surface area contributed by atoms with E-state index in [0.717, 1.165) is 6.42 Å². The van der Waals surface area contributed by atoms with Gasteiger partial charge in [-0.25, -0.2) is 0 Å². The number of amides is 1. The molecule has 0 heterocycles. The lowest BCUT2D eigenvalue weighted by Gasteiger charge is -2.21. The number of rotatable bonds is 5. The zero-order valence-corrected chi connectivity index (χ0v) is 9.45. The molecule has 94 valence electrons. The number of alkyl halides is 3. The van der Waals surface area contributed by atoms with Crippen LogP contribution in [0.1, 0.15) is 33.1 Å². The van der Waals surface area contributed by atoms with Gasteiger partial charge in [0.15, 0.2) is 0 Å². The molecule has 1 fully saturated rings. The fourth-order valence-electron chi connectivity index (χ4n) is 1.36. The Labute approximate surface area is 92.8 Å². The number of hydrogen-bond acceptors (Lipinski definition) is 2. The normalized spacial score (nSPS) is 20.3. The zero-order valence-electron chi connectivity index (χ0n) is 9.45. The van der Waals surface area contributed by atoms with Crippen LogP contribution in [0.15, 0.2) is 0 Å². The molecule has 1 rings (SSSR count). The molecule has 2 N–H and O–H groups in total. The Morgan fingerprint density at radius 2 is 2.00 bits per heavy atom. The number of carbonyl (C=O) groups is 1. The van der Waals surface area contributed by atoms with Gasteiger partial charge in [0.25, 0.3) is 0 Å². The lowest BCUT2D eigenvalue weighted by atomic mass is 10.2. The predicted molar refractivity (Wildman–Crippen MR) is 53.9 cm³/mol. The molecule has 1 unspecified atom stereocenters. The summed E-state index contributed by atoms with van der Waals surface area (Å²) in [6, 6.07) is -0.00432. The first-order chi connectivity index (χ1) is 7.31. The van der Waals surface area contributed by atoms with Gasteiger partial charge in [0.1, 0.15) is 5.54 Å². The van der Waals surface area contributed by atoms with E-state index < -0.39 is 11.7 Å². The maximum atomic E-state index is 12.5. The minimum atomic E-state index is -4.26. The van der Waals surface area contributed by atoms with Crippen LogP contribution in [0.25, 0.3) is 0 Å². The van der Waals surface area contributed by atoms with Crippen LogP contribution in [0.3, 0.4) is 0 Å². The first-order valence-corrected chi connectivity index (χ1v) is 5.42. The summed E-state index contributed by atoms with van der Waals surface area (Å²) in [5.74, 6) is -0.384. The highest BCUT2D eigenvalue weighted by molar-refractivity contribution is 5.78. The van der Waals surface area contributed by atoms with Crippen molar-refractivity contribution in [3.8, 4) is 0 Å². The Bertz CT molecular complexity index is 261. The van der Waals surface area contributed by atoms with Crippen molar-refractivity contribution in [2.24, 2.45) is 0 Å². The SMILES string of the molecule is CCC(C)NC(=O)CNC1(C(F)(F)F)CC1. The number of hydrogen-bond donors (Lipinski definition) is 2. The summed E-state index contributed by atoms with van der Waals surface area (Å²) in [7, 11) is 0. The third-order valence-electron chi connectivity index (χ3n) is 2.90. The molecule has 1 atom stereocenters. The van der Waals surface area contributed by atoms with Gasteiger partial charge in [-0.05, 0) is 26.2 Å². The van der Waals surface area contributed by atoms with Gasteiger partial charge in [0.2, 0.25) is 5.91 Å². The minimum absolute atomic E-state index is 0.00432. The lowest BCUT2D eigenvalue weighted by Crippen LogP contribution is -2.49. The molecule has 0 spiro atoms. The van der Waals surface area contributed by atoms with Crippen molar-refractivity contribution in [2.45, 2.75) is 50.9 Å². The zero-order chi connectivity index (χ0) is 12.4. The van der Waals surface area contributed by atoms with E-state index in [-0.39, 0.29) is 31.3 Å². The molecular weight excluding hydrogens is 221 g/mol. The van der Waals surface area contributed by atoms with E-state index in [4.69, 9.17) is 0 Å². The van der Waals surface area contributed by atoms with Gasteiger partial charge in [-0.15, -0.1) is 0 Å². The predicted octanol–water partition coefficient (Wildman–Crippen LogP) is 1.59. The molecule has 0 saturated heterocycles. The van der Waals surface area contributed by atoms with Gasteiger partial charge in [-0.3, -0.25) is 10.1 Å². The average Bonchev–Trinajstić information content (AvgIpc) is 2.94. The van der Waals surface area contributed by atoms with Crippen molar-refractivity contribution in [1.29, 1.82) is 0 Å². The Hall–Kier alpha value is -0.780. The number of nitrogens with one attached hydrogen (secondary N) is 2. The molecule has 0 aliphatic heterocycles. The van der Waals surface area contributed by atoms with Crippen LogP contribution in [0.4, 0.5) is 13.2 Å². The summed E-state index contributed by atoms with van der Waals surface area (Å²) in [5, 5.41) is 4.91. The molecule has 1 amide bonds. The topological polar surface area (TPSA) is 41.1 Å². The van der Waals surface area contributed by atoms with Crippen molar-refractivity contribution in [3.05, 3.63) is 0 Å². The quantitative estimate of drug-likeness (QED) is 0.763. The van der Waals surface area contributed by atoms with Gasteiger partial charge in [-0.1, -0.05) is 6.92 Å². The second kappa shape index (κ2) is 4.61. The molecule has 0 bridgehead atoms. The first kappa shape index (κ1) is 13.3. The summed E-state index contributed by atoms with van der Waals surface area (Å²) >= 11 is 0. The third-order valence-corrected chi connectivity index (χ3v) is 2.90. The van der Waals surface area contributed by atoms with Crippen LogP contribution >= 0.6 is 0 Å². The molecule has 0 aromatic heterocycles. The van der Waals surface area contributed by atoms with Crippen LogP contribution in [0.2, 0.25) is 0 Å². The van der Waals surface area contributed by atoms with Crippen LogP contribution in [-0.4, -0.2) is 30.2 Å². The first-order valence-electron chi connectivity index (χ1n) is 5.42. The fourth-order valence-corrected chi connectivity index (χ4v) is 1.36. The van der Waals surface area contributed by atoms with Crippen molar-refractivity contribution < 1.29 is 18.0 Å². The van der Waals surface area contributed by atoms with Crippen LogP contribution < -0.4 is 10.6 Å². The summed E-state index contributed by atoms with van der Waals surface area (Å²) < 4.78 is 37.4. The van der Waals surface area contributed by atoms with E-state index in [1.165, 1.54) is 0 Å². The molecule has 0 radical (unpaired) electrons. The van der Waals surface area contributed by atoms with Crippen LogP contribution in [0.5, 0.6) is 0 Å². The smallest absolute Gasteiger partial charge is 0.353 e. The Morgan fingerprint density at radius 1 is 1.44 bits per heavy atom. The number of halogens is 3. The van der Waals surface area contributed by atoms with E-state index in [1.807, 2.05) is 13.8 Å². The van der Waals surface area contributed by atoms with Crippen molar-refractivity contribution >= 4 is 5.91 Å². The Morgan fingerprint density at radius 3 is 2.38 bits per heavy atom. The monoisotopic (exact) mass is 238 g/mol. The number of carbonyl (C=O) groups excluding carboxylic acids is 1. The van der Waals surface area contributed by atoms with Gasteiger partial charge >= 0.3 is 6.18 Å². The molecule has 3 nitrogen and oxygen atoms in total. The second-order valence-electron chi connectivity index (χ2n) is 4.31. The molecule has 0 aromatic carbocycles. The highest BCUT2D eigenvalue weighted by Gasteiger charge is 2.63. The highest BCUT2D eigenvalue weighted by Crippen LogP contribution is 2.48. The second-order valence-corrected chi connectivity index (χ2v) is 4.31. The van der Waals surface area contributed by atoms with Crippen molar-refractivity contribution in [1.82, 2.24) is 10.6 Å². The van der Waals surface area contributed by atoms with E-state index in [1.54, 1.807) is 0 Å². The van der Waals surface area contributed by atoms with Gasteiger partial charge in [0.05, 0.1) is 6.54 Å². The average molecular weight is 238 g/mol. The summed E-state index contributed by atoms with van der Waals surface area (Å²) in [5.41, 5.74) is -1.81. The molecule has 6 heteroatoms. The van der Waals surface area contributed by atoms with Gasteiger partial charge in [-0.2, -0.15) is 13.2 Å². The fraction of sp³-hybridized carbons (Fsp3) is 0.900. The Kier molecular flexibility index (Phi) is 3.83. The van der Waals surface area contributed by atoms with E-state index in [2.05, 4.69) is 10.6 Å². The van der Waals surface area contributed by atoms with E-state index in [9.17, 15) is 18.0 Å². The van der Waals surface area contributed by atoms with Gasteiger partial charge in [0, 0.05) is 6.04 Å². The molecular formula is C10H17F3N2O. The van der Waals surface area contributed by atoms with Gasteiger partial charge < -0.3 is 5.32 Å². The minimum Gasteiger partial charge on any atom is -0.353 e. The molecule has 16 heavy (non-hydrogen) atoms. The lowest BCUT2D eigenvalue weighted by molar-refractivity contribution is -0.166. The maximum absolute atomic E-state index is 12.5. The summed E-state index contributed by atoms with van der Waals surface area (Å²) in [6.45, 7) is 3.44. The Balaban J connectivity index is 2.33.